The van der Waals surface area contributed by atoms with Crippen LogP contribution in [0.1, 0.15) is 92.6 Å². The molecule has 7 aromatic rings. The maximum atomic E-state index is 12.5. The first-order chi connectivity index (χ1) is 25.2. The van der Waals surface area contributed by atoms with Gasteiger partial charge >= 0.3 is 5.97 Å². The van der Waals surface area contributed by atoms with Crippen LogP contribution >= 0.6 is 0 Å². The summed E-state index contributed by atoms with van der Waals surface area (Å²) in [7, 11) is 0. The van der Waals surface area contributed by atoms with Gasteiger partial charge in [0.1, 0.15) is 11.9 Å². The van der Waals surface area contributed by atoms with Crippen molar-refractivity contribution in [3.63, 3.8) is 0 Å². The van der Waals surface area contributed by atoms with Gasteiger partial charge in [-0.1, -0.05) is 143 Å². The van der Waals surface area contributed by atoms with E-state index in [1.165, 1.54) is 104 Å². The van der Waals surface area contributed by atoms with Crippen LogP contribution in [-0.4, -0.2) is 18.7 Å². The van der Waals surface area contributed by atoms with Crippen molar-refractivity contribution in [2.45, 2.75) is 77.2 Å². The van der Waals surface area contributed by atoms with Crippen molar-refractivity contribution in [3.05, 3.63) is 138 Å². The Labute approximate surface area is 301 Å². The molecule has 0 bridgehead atoms. The van der Waals surface area contributed by atoms with E-state index in [0.29, 0.717) is 12.2 Å². The predicted molar refractivity (Wildman–Crippen MR) is 213 cm³/mol. The van der Waals surface area contributed by atoms with Crippen molar-refractivity contribution in [2.75, 3.05) is 6.61 Å². The molecule has 1 atom stereocenters. The number of hydrogen-bond acceptors (Lipinski definition) is 3. The maximum Gasteiger partial charge on any atom is 0.338 e. The summed E-state index contributed by atoms with van der Waals surface area (Å²) in [6.07, 6.45) is 9.51. The van der Waals surface area contributed by atoms with Crippen LogP contribution < -0.4 is 4.74 Å². The number of rotatable bonds is 13. The second kappa shape index (κ2) is 14.6. The SMILES string of the molecule is CCCCCCCCCC(Oc1ccc(C(=O)OCC)cc1)C1c2c(c3ccccc3c3ccccc23)-c2c1c1ccccc1c1ccccc21. The predicted octanol–water partition coefficient (Wildman–Crippen LogP) is 13.2. The van der Waals surface area contributed by atoms with Gasteiger partial charge < -0.3 is 9.47 Å². The third kappa shape index (κ3) is 6.03. The molecule has 1 aliphatic rings. The topological polar surface area (TPSA) is 35.5 Å². The monoisotopic (exact) mass is 670 g/mol. The molecule has 0 saturated carbocycles. The number of benzene rings is 7. The van der Waals surface area contributed by atoms with E-state index in [1.54, 1.807) is 0 Å². The van der Waals surface area contributed by atoms with Gasteiger partial charge in [-0.2, -0.15) is 0 Å². The van der Waals surface area contributed by atoms with Gasteiger partial charge in [0.05, 0.1) is 12.2 Å². The van der Waals surface area contributed by atoms with Crippen molar-refractivity contribution >= 4 is 49.1 Å². The smallest absolute Gasteiger partial charge is 0.338 e. The molecule has 1 aliphatic carbocycles. The van der Waals surface area contributed by atoms with Crippen LogP contribution in [0.5, 0.6) is 5.75 Å². The van der Waals surface area contributed by atoms with Crippen molar-refractivity contribution < 1.29 is 14.3 Å². The standard InChI is InChI=1S/C48H46O3/c1-3-5-6-7-8-9-10-27-42(51-33-30-28-32(29-31-33)48(49)50-4-2)47-45-40-25-17-13-21-36(40)34-19-11-15-23-38(34)43(45)44-39-24-16-12-20-35(39)37-22-14-18-26-41(37)46(44)47/h11-26,28-31,42,47H,3-10,27H2,1-2H3. The minimum absolute atomic E-state index is 0.00355. The number of carbonyl (C=O) groups is 1. The summed E-state index contributed by atoms with van der Waals surface area (Å²) in [5.74, 6) is 0.476. The van der Waals surface area contributed by atoms with Crippen LogP contribution in [-0.2, 0) is 4.74 Å². The molecule has 0 heterocycles. The highest BCUT2D eigenvalue weighted by Gasteiger charge is 2.40. The number of carbonyl (C=O) groups excluding carboxylic acids is 1. The van der Waals surface area contributed by atoms with E-state index in [0.717, 1.165) is 18.6 Å². The first kappa shape index (κ1) is 33.0. The Morgan fingerprint density at radius 3 is 1.45 bits per heavy atom. The molecule has 0 amide bonds. The molecule has 3 heteroatoms. The lowest BCUT2D eigenvalue weighted by Gasteiger charge is -2.29. The summed E-state index contributed by atoms with van der Waals surface area (Å²) < 4.78 is 12.5. The summed E-state index contributed by atoms with van der Waals surface area (Å²) >= 11 is 0. The Balaban J connectivity index is 1.35. The second-order valence-corrected chi connectivity index (χ2v) is 14.0. The number of ether oxygens (including phenoxy) is 2. The van der Waals surface area contributed by atoms with E-state index in [2.05, 4.69) is 104 Å². The highest BCUT2D eigenvalue weighted by molar-refractivity contribution is 6.25. The fraction of sp³-hybridized carbons (Fsp3) is 0.271. The Kier molecular flexibility index (Phi) is 9.45. The third-order valence-corrected chi connectivity index (χ3v) is 10.9. The zero-order chi connectivity index (χ0) is 34.7. The van der Waals surface area contributed by atoms with Crippen LogP contribution in [0.15, 0.2) is 121 Å². The van der Waals surface area contributed by atoms with Gasteiger partial charge in [-0.05, 0) is 109 Å². The molecule has 8 rings (SSSR count). The van der Waals surface area contributed by atoms with Crippen LogP contribution in [0.3, 0.4) is 0 Å². The van der Waals surface area contributed by atoms with Crippen LogP contribution in [0, 0.1) is 0 Å². The van der Waals surface area contributed by atoms with Crippen molar-refractivity contribution in [2.24, 2.45) is 0 Å². The van der Waals surface area contributed by atoms with Crippen LogP contribution in [0.2, 0.25) is 0 Å². The first-order valence-corrected chi connectivity index (χ1v) is 19.0. The largest absolute Gasteiger partial charge is 0.489 e. The number of esters is 1. The molecule has 0 radical (unpaired) electrons. The molecule has 0 N–H and O–H groups in total. The summed E-state index contributed by atoms with van der Waals surface area (Å²) in [5.41, 5.74) is 5.97. The zero-order valence-electron chi connectivity index (χ0n) is 29.8. The lowest BCUT2D eigenvalue weighted by atomic mass is 9.82. The third-order valence-electron chi connectivity index (χ3n) is 10.9. The van der Waals surface area contributed by atoms with E-state index >= 15 is 0 Å². The number of hydrogen-bond donors (Lipinski definition) is 0. The fourth-order valence-corrected chi connectivity index (χ4v) is 8.69. The van der Waals surface area contributed by atoms with E-state index in [9.17, 15) is 4.79 Å². The summed E-state index contributed by atoms with van der Waals surface area (Å²) in [5, 5.41) is 10.3. The Morgan fingerprint density at radius 2 is 0.961 bits per heavy atom. The van der Waals surface area contributed by atoms with Gasteiger partial charge in [0.15, 0.2) is 0 Å². The molecule has 51 heavy (non-hydrogen) atoms. The summed E-state index contributed by atoms with van der Waals surface area (Å²) in [4.78, 5) is 12.5. The van der Waals surface area contributed by atoms with Crippen LogP contribution in [0.25, 0.3) is 54.2 Å². The van der Waals surface area contributed by atoms with E-state index in [-0.39, 0.29) is 18.0 Å². The van der Waals surface area contributed by atoms with Gasteiger partial charge in [0.2, 0.25) is 0 Å². The van der Waals surface area contributed by atoms with Crippen LogP contribution in [0.4, 0.5) is 0 Å². The molecule has 0 saturated heterocycles. The molecule has 256 valence electrons. The molecule has 0 aliphatic heterocycles. The molecule has 3 nitrogen and oxygen atoms in total. The quantitative estimate of drug-likeness (QED) is 0.0696. The normalized spacial score (nSPS) is 13.1. The van der Waals surface area contributed by atoms with Gasteiger partial charge in [-0.25, -0.2) is 4.79 Å². The van der Waals surface area contributed by atoms with E-state index < -0.39 is 0 Å². The minimum atomic E-state index is -0.306. The number of unbranched alkanes of at least 4 members (excludes halogenated alkanes) is 6. The van der Waals surface area contributed by atoms with Gasteiger partial charge in [0.25, 0.3) is 0 Å². The average molecular weight is 671 g/mol. The molecule has 0 aromatic heterocycles. The average Bonchev–Trinajstić information content (AvgIpc) is 3.55. The van der Waals surface area contributed by atoms with Crippen molar-refractivity contribution in [1.82, 2.24) is 0 Å². The maximum absolute atomic E-state index is 12.5. The molecular formula is C48H46O3. The van der Waals surface area contributed by atoms with E-state index in [1.807, 2.05) is 31.2 Å². The molecule has 0 spiro atoms. The van der Waals surface area contributed by atoms with Crippen molar-refractivity contribution in [1.29, 1.82) is 0 Å². The molecule has 1 unspecified atom stereocenters. The lowest BCUT2D eigenvalue weighted by molar-refractivity contribution is 0.0526. The van der Waals surface area contributed by atoms with Gasteiger partial charge in [-0.3, -0.25) is 0 Å². The minimum Gasteiger partial charge on any atom is -0.489 e. The van der Waals surface area contributed by atoms with Crippen molar-refractivity contribution in [3.8, 4) is 16.9 Å². The lowest BCUT2D eigenvalue weighted by Crippen LogP contribution is -2.26. The Bertz CT molecular complexity index is 2230. The van der Waals surface area contributed by atoms with E-state index in [4.69, 9.17) is 9.47 Å². The highest BCUT2D eigenvalue weighted by Crippen LogP contribution is 2.58. The van der Waals surface area contributed by atoms with Gasteiger partial charge in [-0.15, -0.1) is 0 Å². The Hall–Kier alpha value is -5.15. The highest BCUT2D eigenvalue weighted by atomic mass is 16.5. The Morgan fingerprint density at radius 1 is 0.529 bits per heavy atom. The molecule has 0 fully saturated rings. The number of fused-ring (bicyclic) bond motifs is 13. The second-order valence-electron chi connectivity index (χ2n) is 14.0. The van der Waals surface area contributed by atoms with Gasteiger partial charge in [0, 0.05) is 5.92 Å². The first-order valence-electron chi connectivity index (χ1n) is 19.0. The molecule has 7 aromatic carbocycles. The fourth-order valence-electron chi connectivity index (χ4n) is 8.69. The zero-order valence-corrected chi connectivity index (χ0v) is 29.8. The summed E-state index contributed by atoms with van der Waals surface area (Å²) in [6, 6.07) is 43.4. The summed E-state index contributed by atoms with van der Waals surface area (Å²) in [6.45, 7) is 4.46. The molecular weight excluding hydrogens is 625 g/mol.